The number of sulfonamides is 1. The van der Waals surface area contributed by atoms with Gasteiger partial charge in [0.15, 0.2) is 0 Å². The molecule has 2 aromatic carbocycles. The minimum absolute atomic E-state index is 0.0572. The highest BCUT2D eigenvalue weighted by molar-refractivity contribution is 7.89. The van der Waals surface area contributed by atoms with Crippen molar-refractivity contribution in [3.8, 4) is 11.1 Å². The first-order chi connectivity index (χ1) is 10.9. The Morgan fingerprint density at radius 1 is 1.13 bits per heavy atom. The van der Waals surface area contributed by atoms with Gasteiger partial charge in [0, 0.05) is 6.42 Å². The zero-order valence-corrected chi connectivity index (χ0v) is 13.0. The zero-order valence-electron chi connectivity index (χ0n) is 12.2. The Bertz CT molecular complexity index is 834. The van der Waals surface area contributed by atoms with Crippen molar-refractivity contribution in [2.45, 2.75) is 17.4 Å². The van der Waals surface area contributed by atoms with Gasteiger partial charge >= 0.3 is 6.09 Å². The van der Waals surface area contributed by atoms with E-state index in [1.54, 1.807) is 6.07 Å². The molecule has 0 radical (unpaired) electrons. The summed E-state index contributed by atoms with van der Waals surface area (Å²) < 4.78 is 29.0. The third kappa shape index (κ3) is 3.35. The molecule has 0 bridgehead atoms. The lowest BCUT2D eigenvalue weighted by Gasteiger charge is -2.16. The van der Waals surface area contributed by atoms with Gasteiger partial charge < -0.3 is 10.1 Å². The molecule has 1 fully saturated rings. The van der Waals surface area contributed by atoms with E-state index in [1.165, 1.54) is 6.07 Å². The van der Waals surface area contributed by atoms with Crippen molar-refractivity contribution in [3.63, 3.8) is 0 Å². The van der Waals surface area contributed by atoms with Crippen LogP contribution in [0.4, 0.5) is 4.79 Å². The molecule has 3 rings (SSSR count). The molecule has 2 aromatic rings. The lowest BCUT2D eigenvalue weighted by atomic mass is 9.96. The number of hydrogen-bond acceptors (Lipinski definition) is 4. The Kier molecular flexibility index (Phi) is 4.06. The van der Waals surface area contributed by atoms with E-state index in [0.29, 0.717) is 12.1 Å². The standard InChI is InChI=1S/C16H16N2O4S/c17-23(20,21)15-8-4-7-13(11-5-2-1-3-6-11)14(15)9-12-10-18-16(19)22-12/h1-8,12H,9-10H2,(H,18,19)(H2,17,20,21). The summed E-state index contributed by atoms with van der Waals surface area (Å²) in [6, 6.07) is 14.4. The Labute approximate surface area is 134 Å². The number of carbonyl (C=O) groups is 1. The van der Waals surface area contributed by atoms with Crippen LogP contribution in [0.2, 0.25) is 0 Å². The van der Waals surface area contributed by atoms with Crippen LogP contribution in [-0.2, 0) is 21.2 Å². The van der Waals surface area contributed by atoms with E-state index in [1.807, 2.05) is 36.4 Å². The monoisotopic (exact) mass is 332 g/mol. The maximum Gasteiger partial charge on any atom is 0.407 e. The average Bonchev–Trinajstić information content (AvgIpc) is 2.92. The predicted octanol–water partition coefficient (Wildman–Crippen LogP) is 1.65. The summed E-state index contributed by atoms with van der Waals surface area (Å²) in [6.07, 6.45) is -0.646. The molecule has 120 valence electrons. The van der Waals surface area contributed by atoms with Crippen molar-refractivity contribution >= 4 is 16.1 Å². The van der Waals surface area contributed by atoms with Crippen LogP contribution in [-0.4, -0.2) is 27.2 Å². The molecule has 1 atom stereocenters. The summed E-state index contributed by atoms with van der Waals surface area (Å²) in [5.41, 5.74) is 2.20. The van der Waals surface area contributed by atoms with Crippen molar-refractivity contribution in [1.29, 1.82) is 0 Å². The molecule has 3 N–H and O–H groups in total. The highest BCUT2D eigenvalue weighted by atomic mass is 32.2. The number of primary sulfonamides is 1. The van der Waals surface area contributed by atoms with E-state index in [9.17, 15) is 13.2 Å². The first-order valence-corrected chi connectivity index (χ1v) is 8.64. The molecule has 6 nitrogen and oxygen atoms in total. The van der Waals surface area contributed by atoms with E-state index in [0.717, 1.165) is 11.1 Å². The Morgan fingerprint density at radius 2 is 1.87 bits per heavy atom. The van der Waals surface area contributed by atoms with Crippen LogP contribution in [0.3, 0.4) is 0 Å². The Balaban J connectivity index is 2.11. The van der Waals surface area contributed by atoms with Crippen molar-refractivity contribution in [2.75, 3.05) is 6.54 Å². The largest absolute Gasteiger partial charge is 0.444 e. The number of ether oxygens (including phenoxy) is 1. The van der Waals surface area contributed by atoms with Gasteiger partial charge in [-0.15, -0.1) is 0 Å². The summed E-state index contributed by atoms with van der Waals surface area (Å²) in [6.45, 7) is 0.339. The Hall–Kier alpha value is -2.38. The summed E-state index contributed by atoms with van der Waals surface area (Å²) >= 11 is 0. The summed E-state index contributed by atoms with van der Waals surface area (Å²) in [5.74, 6) is 0. The second-order valence-corrected chi connectivity index (χ2v) is 6.84. The van der Waals surface area contributed by atoms with Crippen LogP contribution in [0.1, 0.15) is 5.56 Å². The van der Waals surface area contributed by atoms with Crippen molar-refractivity contribution in [1.82, 2.24) is 5.32 Å². The number of benzene rings is 2. The maximum atomic E-state index is 11.9. The third-order valence-corrected chi connectivity index (χ3v) is 4.70. The molecule has 1 aliphatic heterocycles. The quantitative estimate of drug-likeness (QED) is 0.889. The minimum atomic E-state index is -3.88. The molecule has 23 heavy (non-hydrogen) atoms. The van der Waals surface area contributed by atoms with E-state index in [-0.39, 0.29) is 11.3 Å². The molecule has 0 aromatic heterocycles. The number of rotatable bonds is 4. The first kappa shape index (κ1) is 15.5. The molecule has 7 heteroatoms. The van der Waals surface area contributed by atoms with Gasteiger partial charge in [-0.2, -0.15) is 0 Å². The van der Waals surface area contributed by atoms with E-state index in [2.05, 4.69) is 5.32 Å². The van der Waals surface area contributed by atoms with Gasteiger partial charge in [-0.1, -0.05) is 42.5 Å². The van der Waals surface area contributed by atoms with Gasteiger partial charge in [0.1, 0.15) is 6.10 Å². The fourth-order valence-corrected chi connectivity index (χ4v) is 3.51. The number of amides is 1. The summed E-state index contributed by atoms with van der Waals surface area (Å²) in [7, 11) is -3.88. The second-order valence-electron chi connectivity index (χ2n) is 5.31. The normalized spacial score (nSPS) is 17.6. The zero-order chi connectivity index (χ0) is 16.4. The van der Waals surface area contributed by atoms with Crippen LogP contribution < -0.4 is 10.5 Å². The predicted molar refractivity (Wildman–Crippen MR) is 85.2 cm³/mol. The van der Waals surface area contributed by atoms with E-state index >= 15 is 0 Å². The smallest absolute Gasteiger partial charge is 0.407 e. The average molecular weight is 332 g/mol. The van der Waals surface area contributed by atoms with Gasteiger partial charge in [-0.25, -0.2) is 18.4 Å². The second kappa shape index (κ2) is 6.02. The third-order valence-electron chi connectivity index (χ3n) is 3.70. The van der Waals surface area contributed by atoms with Crippen molar-refractivity contribution in [2.24, 2.45) is 5.14 Å². The molecule has 1 unspecified atom stereocenters. The van der Waals surface area contributed by atoms with Gasteiger partial charge in [-0.05, 0) is 22.8 Å². The highest BCUT2D eigenvalue weighted by Gasteiger charge is 2.27. The van der Waals surface area contributed by atoms with Crippen LogP contribution in [0.25, 0.3) is 11.1 Å². The van der Waals surface area contributed by atoms with Gasteiger partial charge in [0.2, 0.25) is 10.0 Å². The minimum Gasteiger partial charge on any atom is -0.444 e. The van der Waals surface area contributed by atoms with Gasteiger partial charge in [0.25, 0.3) is 0 Å². The number of nitrogens with one attached hydrogen (secondary N) is 1. The Morgan fingerprint density at radius 3 is 2.48 bits per heavy atom. The molecule has 1 saturated heterocycles. The molecule has 1 amide bonds. The van der Waals surface area contributed by atoms with E-state index in [4.69, 9.17) is 9.88 Å². The number of nitrogens with two attached hydrogens (primary N) is 1. The SMILES string of the molecule is NS(=O)(=O)c1cccc(-c2ccccc2)c1CC1CNC(=O)O1. The molecule has 0 saturated carbocycles. The first-order valence-electron chi connectivity index (χ1n) is 7.10. The van der Waals surface area contributed by atoms with Crippen LogP contribution in [0.15, 0.2) is 53.4 Å². The highest BCUT2D eigenvalue weighted by Crippen LogP contribution is 2.30. The molecule has 1 heterocycles. The van der Waals surface area contributed by atoms with Crippen LogP contribution >= 0.6 is 0 Å². The number of carbonyl (C=O) groups excluding carboxylic acids is 1. The molecule has 0 aliphatic carbocycles. The van der Waals surface area contributed by atoms with Crippen LogP contribution in [0.5, 0.6) is 0 Å². The van der Waals surface area contributed by atoms with Gasteiger partial charge in [-0.3, -0.25) is 0 Å². The van der Waals surface area contributed by atoms with E-state index < -0.39 is 22.2 Å². The lowest BCUT2D eigenvalue weighted by Crippen LogP contribution is -2.21. The number of cyclic esters (lactones) is 1. The number of hydrogen-bond donors (Lipinski definition) is 2. The topological polar surface area (TPSA) is 98.5 Å². The fourth-order valence-electron chi connectivity index (χ4n) is 2.70. The number of alkyl carbamates (subject to hydrolysis) is 1. The summed E-state index contributed by atoms with van der Waals surface area (Å²) in [5, 5.41) is 7.92. The summed E-state index contributed by atoms with van der Waals surface area (Å²) in [4.78, 5) is 11.3. The fraction of sp³-hybridized carbons (Fsp3) is 0.188. The van der Waals surface area contributed by atoms with Gasteiger partial charge in [0.05, 0.1) is 11.4 Å². The molecular formula is C16H16N2O4S. The van der Waals surface area contributed by atoms with Crippen molar-refractivity contribution in [3.05, 3.63) is 54.1 Å². The van der Waals surface area contributed by atoms with Crippen LogP contribution in [0, 0.1) is 0 Å². The molecular weight excluding hydrogens is 316 g/mol. The maximum absolute atomic E-state index is 11.9. The molecule has 1 aliphatic rings. The molecule has 0 spiro atoms. The van der Waals surface area contributed by atoms with Crippen molar-refractivity contribution < 1.29 is 17.9 Å². The lowest BCUT2D eigenvalue weighted by molar-refractivity contribution is 0.140.